The molecule has 1 saturated heterocycles. The zero-order valence-electron chi connectivity index (χ0n) is 19.6. The lowest BCUT2D eigenvalue weighted by atomic mass is 9.42. The lowest BCUT2D eigenvalue weighted by Gasteiger charge is -2.69. The summed E-state index contributed by atoms with van der Waals surface area (Å²) in [5.41, 5.74) is -2.30. The Morgan fingerprint density at radius 1 is 1.00 bits per heavy atom. The van der Waals surface area contributed by atoms with E-state index in [1.165, 1.54) is 0 Å². The number of aliphatic hydroxyl groups is 4. The van der Waals surface area contributed by atoms with E-state index >= 15 is 0 Å². The van der Waals surface area contributed by atoms with Crippen molar-refractivity contribution < 1.29 is 34.6 Å². The van der Waals surface area contributed by atoms with E-state index in [0.29, 0.717) is 26.0 Å². The van der Waals surface area contributed by atoms with Crippen LogP contribution in [0.2, 0.25) is 0 Å². The van der Waals surface area contributed by atoms with Crippen LogP contribution in [0.15, 0.2) is 0 Å². The number of piperidine rings is 1. The smallest absolute Gasteiger partial charge is 0.0796 e. The molecule has 0 aromatic heterocycles. The summed E-state index contributed by atoms with van der Waals surface area (Å²) in [6, 6.07) is -0.0669. The summed E-state index contributed by atoms with van der Waals surface area (Å²) >= 11 is 0. The number of nitrogens with zero attached hydrogens (tertiary/aromatic N) is 1. The molecule has 182 valence electrons. The number of fused-ring (bicyclic) bond motifs is 2. The highest BCUT2D eigenvalue weighted by Crippen LogP contribution is 2.79. The van der Waals surface area contributed by atoms with Gasteiger partial charge in [0.2, 0.25) is 0 Å². The van der Waals surface area contributed by atoms with Crippen molar-refractivity contribution in [3.63, 3.8) is 0 Å². The van der Waals surface area contributed by atoms with Gasteiger partial charge in [-0.05, 0) is 18.9 Å². The van der Waals surface area contributed by atoms with Gasteiger partial charge in [-0.15, -0.1) is 0 Å². The third kappa shape index (κ3) is 2.11. The number of hydrogen-bond donors (Lipinski definition) is 4. The fraction of sp³-hybridized carbons (Fsp3) is 1.00. The zero-order chi connectivity index (χ0) is 22.8. The minimum atomic E-state index is -1.15. The topological polar surface area (TPSA) is 112 Å². The van der Waals surface area contributed by atoms with Gasteiger partial charge >= 0.3 is 0 Å². The van der Waals surface area contributed by atoms with Crippen molar-refractivity contribution in [2.24, 2.45) is 40.4 Å². The first kappa shape index (κ1) is 22.2. The van der Waals surface area contributed by atoms with Gasteiger partial charge in [0.15, 0.2) is 0 Å². The van der Waals surface area contributed by atoms with Gasteiger partial charge in [0, 0.05) is 81.3 Å². The molecule has 5 saturated carbocycles. The standard InChI is InChI=1S/C24H39NO7/c1-5-25-9-22(10-30-2)14(26)7-15(27)24-12-6-11-13(31-3)8-23(29,16(12)18(11)28)17(21(24)25)19(32-4)20(22)24/h11-21,26-29H,5-10H2,1-4H3/t11-,12-,13+,14-,15+,16-,17-,18+,19+,20-,21?,22+,23-,24+/m1/s1. The van der Waals surface area contributed by atoms with Crippen LogP contribution in [0.1, 0.15) is 26.2 Å². The lowest BCUT2D eigenvalue weighted by Crippen LogP contribution is -2.78. The third-order valence-corrected chi connectivity index (χ3v) is 11.2. The second-order valence-electron chi connectivity index (χ2n) is 11.6. The molecular formula is C24H39NO7. The molecule has 1 spiro atoms. The number of hydrogen-bond acceptors (Lipinski definition) is 8. The van der Waals surface area contributed by atoms with E-state index in [4.69, 9.17) is 14.2 Å². The monoisotopic (exact) mass is 453 g/mol. The van der Waals surface area contributed by atoms with E-state index in [0.717, 1.165) is 13.0 Å². The molecule has 6 fully saturated rings. The number of methoxy groups -OCH3 is 3. The Morgan fingerprint density at radius 3 is 2.38 bits per heavy atom. The van der Waals surface area contributed by atoms with Gasteiger partial charge < -0.3 is 34.6 Å². The summed E-state index contributed by atoms with van der Waals surface area (Å²) < 4.78 is 17.8. The maximum atomic E-state index is 12.5. The van der Waals surface area contributed by atoms with Gasteiger partial charge in [0.05, 0.1) is 42.7 Å². The summed E-state index contributed by atoms with van der Waals surface area (Å²) in [5.74, 6) is -0.847. The normalized spacial score (nSPS) is 62.4. The maximum absolute atomic E-state index is 12.5. The molecule has 0 aromatic carbocycles. The molecule has 1 unspecified atom stereocenters. The number of rotatable bonds is 5. The highest BCUT2D eigenvalue weighted by atomic mass is 16.5. The summed E-state index contributed by atoms with van der Waals surface area (Å²) in [7, 11) is 5.03. The summed E-state index contributed by atoms with van der Waals surface area (Å²) in [6.45, 7) is 3.91. The van der Waals surface area contributed by atoms with Gasteiger partial charge in [-0.25, -0.2) is 0 Å². The molecule has 32 heavy (non-hydrogen) atoms. The molecule has 1 heterocycles. The first-order valence-corrected chi connectivity index (χ1v) is 12.3. The van der Waals surface area contributed by atoms with E-state index < -0.39 is 34.7 Å². The van der Waals surface area contributed by atoms with Crippen LogP contribution < -0.4 is 0 Å². The van der Waals surface area contributed by atoms with Crippen molar-refractivity contribution in [1.82, 2.24) is 4.90 Å². The molecule has 1 aliphatic heterocycles. The largest absolute Gasteiger partial charge is 0.392 e. The zero-order valence-corrected chi connectivity index (χ0v) is 19.6. The molecule has 6 rings (SSSR count). The van der Waals surface area contributed by atoms with E-state index in [1.54, 1.807) is 21.3 Å². The molecule has 0 radical (unpaired) electrons. The average molecular weight is 454 g/mol. The second kappa shape index (κ2) is 6.88. The van der Waals surface area contributed by atoms with Crippen LogP contribution >= 0.6 is 0 Å². The van der Waals surface area contributed by atoms with Gasteiger partial charge in [0.1, 0.15) is 0 Å². The molecule has 7 bridgehead atoms. The van der Waals surface area contributed by atoms with Gasteiger partial charge in [-0.2, -0.15) is 0 Å². The Hall–Kier alpha value is -0.320. The Labute approximate surface area is 189 Å². The van der Waals surface area contributed by atoms with E-state index in [-0.39, 0.29) is 47.8 Å². The molecule has 8 nitrogen and oxygen atoms in total. The first-order chi connectivity index (χ1) is 15.3. The number of likely N-dealkylation sites (tertiary alicyclic amines) is 1. The van der Waals surface area contributed by atoms with Crippen LogP contribution in [0.25, 0.3) is 0 Å². The van der Waals surface area contributed by atoms with E-state index in [1.807, 2.05) is 0 Å². The SMILES string of the molecule is CCN1C[C@]2(COC)[C@H](O)C[C@H](O)[C@]34C1[C@@H]([C@H](OC)[C@H]23)[C@@]1(O)C[C@H](OC)[C@H]2C[C@@H]4[C@@H]1[C@H]2O. The molecule has 14 atom stereocenters. The fourth-order valence-electron chi connectivity index (χ4n) is 10.7. The van der Waals surface area contributed by atoms with Crippen molar-refractivity contribution in [2.75, 3.05) is 41.0 Å². The van der Waals surface area contributed by atoms with Gasteiger partial charge in [0.25, 0.3) is 0 Å². The predicted molar refractivity (Wildman–Crippen MR) is 114 cm³/mol. The quantitative estimate of drug-likeness (QED) is 0.440. The minimum Gasteiger partial charge on any atom is -0.392 e. The highest BCUT2D eigenvalue weighted by molar-refractivity contribution is 5.36. The minimum absolute atomic E-state index is 0.0447. The molecule has 0 aromatic rings. The van der Waals surface area contributed by atoms with Gasteiger partial charge in [-0.3, -0.25) is 4.90 Å². The van der Waals surface area contributed by atoms with Crippen LogP contribution in [-0.4, -0.2) is 109 Å². The Morgan fingerprint density at radius 2 is 1.75 bits per heavy atom. The van der Waals surface area contributed by atoms with Crippen LogP contribution in [0.3, 0.4) is 0 Å². The van der Waals surface area contributed by atoms with Crippen LogP contribution in [-0.2, 0) is 14.2 Å². The van der Waals surface area contributed by atoms with E-state index in [2.05, 4.69) is 11.8 Å². The summed E-state index contributed by atoms with van der Waals surface area (Å²) in [4.78, 5) is 2.37. The first-order valence-electron chi connectivity index (χ1n) is 12.3. The van der Waals surface area contributed by atoms with Crippen LogP contribution in [0.5, 0.6) is 0 Å². The molecule has 0 amide bonds. The second-order valence-corrected chi connectivity index (χ2v) is 11.6. The van der Waals surface area contributed by atoms with Crippen LogP contribution in [0, 0.1) is 40.4 Å². The maximum Gasteiger partial charge on any atom is 0.0796 e. The molecule has 6 aliphatic rings. The molecule has 4 N–H and O–H groups in total. The number of aliphatic hydroxyl groups excluding tert-OH is 3. The number of ether oxygens (including phenoxy) is 3. The Bertz CT molecular complexity index is 783. The molecule has 8 heteroatoms. The Kier molecular flexibility index (Phi) is 4.76. The van der Waals surface area contributed by atoms with Crippen molar-refractivity contribution in [3.8, 4) is 0 Å². The Balaban J connectivity index is 1.64. The fourth-order valence-corrected chi connectivity index (χ4v) is 10.7. The summed E-state index contributed by atoms with van der Waals surface area (Å²) in [5, 5.41) is 47.2. The average Bonchev–Trinajstić information content (AvgIpc) is 3.17. The summed E-state index contributed by atoms with van der Waals surface area (Å²) in [6.07, 6.45) is -1.17. The van der Waals surface area contributed by atoms with Crippen molar-refractivity contribution in [3.05, 3.63) is 0 Å². The predicted octanol–water partition coefficient (Wildman–Crippen LogP) is -0.527. The van der Waals surface area contributed by atoms with Crippen LogP contribution in [0.4, 0.5) is 0 Å². The van der Waals surface area contributed by atoms with Crippen molar-refractivity contribution in [2.45, 2.75) is 68.3 Å². The molecular weight excluding hydrogens is 414 g/mol. The molecule has 5 aliphatic carbocycles. The van der Waals surface area contributed by atoms with Crippen molar-refractivity contribution >= 4 is 0 Å². The highest BCUT2D eigenvalue weighted by Gasteiger charge is 2.87. The lowest BCUT2D eigenvalue weighted by molar-refractivity contribution is -0.291. The van der Waals surface area contributed by atoms with E-state index in [9.17, 15) is 20.4 Å². The third-order valence-electron chi connectivity index (χ3n) is 11.2. The van der Waals surface area contributed by atoms with Crippen molar-refractivity contribution in [1.29, 1.82) is 0 Å². The van der Waals surface area contributed by atoms with Gasteiger partial charge in [-0.1, -0.05) is 6.92 Å².